The minimum absolute atomic E-state index is 0.0634. The fourth-order valence-electron chi connectivity index (χ4n) is 3.91. The molecule has 156 valence electrons. The lowest BCUT2D eigenvalue weighted by molar-refractivity contribution is 0.0729. The summed E-state index contributed by atoms with van der Waals surface area (Å²) in [6, 6.07) is 7.40. The summed E-state index contributed by atoms with van der Waals surface area (Å²) < 4.78 is 32.2. The molecular formula is C20H31N3O4S. The van der Waals surface area contributed by atoms with Gasteiger partial charge in [0.05, 0.1) is 19.0 Å². The first kappa shape index (κ1) is 21.1. The third kappa shape index (κ3) is 5.68. The Balaban J connectivity index is 1.58. The van der Waals surface area contributed by atoms with Crippen LogP contribution in [0.2, 0.25) is 0 Å². The highest BCUT2D eigenvalue weighted by Gasteiger charge is 2.26. The van der Waals surface area contributed by atoms with E-state index in [9.17, 15) is 13.2 Å². The summed E-state index contributed by atoms with van der Waals surface area (Å²) in [5.74, 6) is 0.428. The van der Waals surface area contributed by atoms with Crippen LogP contribution in [0, 0.1) is 5.92 Å². The summed E-state index contributed by atoms with van der Waals surface area (Å²) in [6.07, 6.45) is 4.54. The Morgan fingerprint density at radius 1 is 1.14 bits per heavy atom. The number of ether oxygens (including phenoxy) is 1. The quantitative estimate of drug-likeness (QED) is 0.754. The topological polar surface area (TPSA) is 87.7 Å². The smallest absolute Gasteiger partial charge is 0.315 e. The van der Waals surface area contributed by atoms with Crippen LogP contribution in [0.15, 0.2) is 24.3 Å². The fraction of sp³-hybridized carbons (Fsp3) is 0.650. The summed E-state index contributed by atoms with van der Waals surface area (Å²) >= 11 is 0. The van der Waals surface area contributed by atoms with Gasteiger partial charge in [-0.2, -0.15) is 4.31 Å². The Labute approximate surface area is 167 Å². The van der Waals surface area contributed by atoms with Crippen LogP contribution in [0.25, 0.3) is 0 Å². The Bertz CT molecular complexity index is 762. The molecule has 1 aliphatic carbocycles. The monoisotopic (exact) mass is 409 g/mol. The van der Waals surface area contributed by atoms with Gasteiger partial charge in [0.2, 0.25) is 10.0 Å². The first-order valence-corrected chi connectivity index (χ1v) is 11.7. The molecule has 2 aliphatic rings. The summed E-state index contributed by atoms with van der Waals surface area (Å²) in [5.41, 5.74) is 1.55. The fourth-order valence-corrected chi connectivity index (χ4v) is 5.47. The van der Waals surface area contributed by atoms with Gasteiger partial charge in [0, 0.05) is 25.7 Å². The predicted octanol–water partition coefficient (Wildman–Crippen LogP) is 2.23. The minimum Gasteiger partial charge on any atom is -0.379 e. The van der Waals surface area contributed by atoms with Crippen LogP contribution in [0.5, 0.6) is 0 Å². The number of carbonyl (C=O) groups excluding carboxylic acids is 1. The van der Waals surface area contributed by atoms with Crippen molar-refractivity contribution < 1.29 is 17.9 Å². The molecule has 3 rings (SSSR count). The van der Waals surface area contributed by atoms with Crippen LogP contribution in [-0.4, -0.2) is 51.1 Å². The van der Waals surface area contributed by atoms with E-state index in [4.69, 9.17) is 4.74 Å². The highest BCUT2D eigenvalue weighted by atomic mass is 32.2. The second-order valence-corrected chi connectivity index (χ2v) is 9.70. The molecular weight excluding hydrogens is 378 g/mol. The third-order valence-electron chi connectivity index (χ3n) is 5.69. The zero-order valence-electron chi connectivity index (χ0n) is 16.5. The molecule has 1 saturated carbocycles. The maximum atomic E-state index is 12.7. The van der Waals surface area contributed by atoms with E-state index in [1.54, 1.807) is 0 Å². The standard InChI is InChI=1S/C20H31N3O4S/c1-16-6-2-5-9-19(16)22-20(24)21-14-17-7-3-4-8-18(17)15-28(25,26)23-10-12-27-13-11-23/h3-4,7-8,16,19H,2,5-6,9-15H2,1H3,(H2,21,22,24)/t16-,19-/m0/s1. The number of hydrogen-bond donors (Lipinski definition) is 2. The Kier molecular flexibility index (Phi) is 7.31. The Morgan fingerprint density at radius 2 is 1.82 bits per heavy atom. The molecule has 2 atom stereocenters. The highest BCUT2D eigenvalue weighted by Crippen LogP contribution is 2.23. The van der Waals surface area contributed by atoms with E-state index < -0.39 is 10.0 Å². The first-order chi connectivity index (χ1) is 13.5. The van der Waals surface area contributed by atoms with Gasteiger partial charge in [-0.05, 0) is 29.9 Å². The normalized spacial score (nSPS) is 23.9. The van der Waals surface area contributed by atoms with Gasteiger partial charge < -0.3 is 15.4 Å². The molecule has 2 N–H and O–H groups in total. The molecule has 1 aliphatic heterocycles. The second-order valence-electron chi connectivity index (χ2n) is 7.73. The van der Waals surface area contributed by atoms with E-state index in [2.05, 4.69) is 17.6 Å². The molecule has 1 heterocycles. The maximum Gasteiger partial charge on any atom is 0.315 e. The third-order valence-corrected chi connectivity index (χ3v) is 7.51. The van der Waals surface area contributed by atoms with E-state index in [1.807, 2.05) is 24.3 Å². The van der Waals surface area contributed by atoms with Crippen molar-refractivity contribution in [2.24, 2.45) is 5.92 Å². The van der Waals surface area contributed by atoms with Crippen LogP contribution < -0.4 is 10.6 Å². The number of nitrogens with one attached hydrogen (secondary N) is 2. The van der Waals surface area contributed by atoms with E-state index in [0.717, 1.165) is 30.4 Å². The van der Waals surface area contributed by atoms with Crippen LogP contribution in [-0.2, 0) is 27.1 Å². The van der Waals surface area contributed by atoms with Gasteiger partial charge in [-0.15, -0.1) is 0 Å². The molecule has 0 radical (unpaired) electrons. The van der Waals surface area contributed by atoms with Crippen molar-refractivity contribution in [2.45, 2.75) is 50.9 Å². The number of urea groups is 1. The molecule has 2 fully saturated rings. The summed E-state index contributed by atoms with van der Waals surface area (Å²) in [5, 5.41) is 5.96. The SMILES string of the molecule is C[C@H]1CCCC[C@@H]1NC(=O)NCc1ccccc1CS(=O)(=O)N1CCOCC1. The van der Waals surface area contributed by atoms with Crippen molar-refractivity contribution >= 4 is 16.1 Å². The van der Waals surface area contributed by atoms with E-state index in [1.165, 1.54) is 10.7 Å². The predicted molar refractivity (Wildman–Crippen MR) is 108 cm³/mol. The second kappa shape index (κ2) is 9.71. The molecule has 7 nitrogen and oxygen atoms in total. The molecule has 0 aromatic heterocycles. The number of morpholine rings is 1. The van der Waals surface area contributed by atoms with Crippen molar-refractivity contribution in [3.05, 3.63) is 35.4 Å². The molecule has 1 saturated heterocycles. The van der Waals surface area contributed by atoms with Gasteiger partial charge in [-0.3, -0.25) is 0 Å². The maximum absolute atomic E-state index is 12.7. The van der Waals surface area contributed by atoms with Gasteiger partial charge in [0.25, 0.3) is 0 Å². The lowest BCUT2D eigenvalue weighted by Crippen LogP contribution is -2.46. The van der Waals surface area contributed by atoms with Gasteiger partial charge in [-0.1, -0.05) is 44.0 Å². The Hall–Kier alpha value is -1.64. The molecule has 1 aromatic carbocycles. The molecule has 0 bridgehead atoms. The average Bonchev–Trinajstić information content (AvgIpc) is 2.69. The van der Waals surface area contributed by atoms with Crippen LogP contribution >= 0.6 is 0 Å². The minimum atomic E-state index is -3.40. The average molecular weight is 410 g/mol. The van der Waals surface area contributed by atoms with Gasteiger partial charge in [0.15, 0.2) is 0 Å². The number of carbonyl (C=O) groups is 1. The van der Waals surface area contributed by atoms with E-state index >= 15 is 0 Å². The Morgan fingerprint density at radius 3 is 2.54 bits per heavy atom. The van der Waals surface area contributed by atoms with E-state index in [-0.39, 0.29) is 17.8 Å². The van der Waals surface area contributed by atoms with Crippen molar-refractivity contribution in [3.8, 4) is 0 Å². The van der Waals surface area contributed by atoms with Crippen LogP contribution in [0.4, 0.5) is 4.79 Å². The highest BCUT2D eigenvalue weighted by molar-refractivity contribution is 7.88. The van der Waals surface area contributed by atoms with Crippen LogP contribution in [0.3, 0.4) is 0 Å². The summed E-state index contributed by atoms with van der Waals surface area (Å²) in [7, 11) is -3.40. The summed E-state index contributed by atoms with van der Waals surface area (Å²) in [4.78, 5) is 12.3. The van der Waals surface area contributed by atoms with Gasteiger partial charge in [0.1, 0.15) is 0 Å². The van der Waals surface area contributed by atoms with Crippen molar-refractivity contribution in [2.75, 3.05) is 26.3 Å². The van der Waals surface area contributed by atoms with E-state index in [0.29, 0.717) is 38.8 Å². The van der Waals surface area contributed by atoms with Crippen molar-refractivity contribution in [1.29, 1.82) is 0 Å². The zero-order chi connectivity index (χ0) is 20.0. The number of nitrogens with zero attached hydrogens (tertiary/aromatic N) is 1. The number of amides is 2. The molecule has 28 heavy (non-hydrogen) atoms. The van der Waals surface area contributed by atoms with Crippen molar-refractivity contribution in [3.63, 3.8) is 0 Å². The van der Waals surface area contributed by atoms with Crippen LogP contribution in [0.1, 0.15) is 43.7 Å². The number of sulfonamides is 1. The molecule has 0 spiro atoms. The number of benzene rings is 1. The number of hydrogen-bond acceptors (Lipinski definition) is 4. The summed E-state index contributed by atoms with van der Waals surface area (Å²) in [6.45, 7) is 4.14. The largest absolute Gasteiger partial charge is 0.379 e. The zero-order valence-corrected chi connectivity index (χ0v) is 17.3. The van der Waals surface area contributed by atoms with Gasteiger partial charge in [-0.25, -0.2) is 13.2 Å². The van der Waals surface area contributed by atoms with Crippen molar-refractivity contribution in [1.82, 2.24) is 14.9 Å². The molecule has 0 unspecified atom stereocenters. The lowest BCUT2D eigenvalue weighted by Gasteiger charge is -2.29. The molecule has 2 amide bonds. The number of rotatable bonds is 6. The lowest BCUT2D eigenvalue weighted by atomic mass is 9.86. The van der Waals surface area contributed by atoms with Gasteiger partial charge >= 0.3 is 6.03 Å². The first-order valence-electron chi connectivity index (χ1n) is 10.1. The molecule has 1 aromatic rings. The molecule has 8 heteroatoms.